The highest BCUT2D eigenvalue weighted by Gasteiger charge is 2.29. The van der Waals surface area contributed by atoms with E-state index < -0.39 is 48.8 Å². The smallest absolute Gasteiger partial charge is 0.313 e. The summed E-state index contributed by atoms with van der Waals surface area (Å²) >= 11 is 0. The average Bonchev–Trinajstić information content (AvgIpc) is 2.69. The molecule has 1 aromatic carbocycles. The number of hydrogen-bond donors (Lipinski definition) is 4. The molecule has 0 atom stereocenters. The molecule has 4 N–H and O–H groups in total. The van der Waals surface area contributed by atoms with Gasteiger partial charge < -0.3 is 10.2 Å². The first-order valence-corrected chi connectivity index (χ1v) is 12.5. The van der Waals surface area contributed by atoms with Crippen LogP contribution in [0.25, 0.3) is 0 Å². The fourth-order valence-corrected chi connectivity index (χ4v) is 4.50. The summed E-state index contributed by atoms with van der Waals surface area (Å²) in [7, 11) is -7.83. The summed E-state index contributed by atoms with van der Waals surface area (Å²) in [5.41, 5.74) is 2.08. The highest BCUT2D eigenvalue weighted by molar-refractivity contribution is 7.86. The van der Waals surface area contributed by atoms with Crippen LogP contribution in [0.4, 0.5) is 26.0 Å². The highest BCUT2D eigenvalue weighted by Crippen LogP contribution is 2.27. The van der Waals surface area contributed by atoms with Crippen LogP contribution in [0.5, 0.6) is 0 Å². The maximum atomic E-state index is 13.3. The monoisotopic (exact) mass is 532 g/mol. The standard InChI is InChI=1S/C18H18F2N6O7S2/c1-9-10(8-34(28,29)30)7-26(2)17(27)16(9)25-24-12-5-11(3-4-13(12)35(31,32)33)21-15-6-14(19)22-18(20)23-15/h3-6,24H,7-8H2,1-2H3,(H,21,22,23)(H,28,29,30)(H,31,32,33). The van der Waals surface area contributed by atoms with E-state index in [4.69, 9.17) is 4.55 Å². The van der Waals surface area contributed by atoms with E-state index in [-0.39, 0.29) is 40.6 Å². The lowest BCUT2D eigenvalue weighted by Crippen LogP contribution is -2.41. The van der Waals surface area contributed by atoms with Gasteiger partial charge in [0.05, 0.1) is 11.4 Å². The predicted octanol–water partition coefficient (Wildman–Crippen LogP) is 1.19. The van der Waals surface area contributed by atoms with Gasteiger partial charge in [0.1, 0.15) is 10.7 Å². The van der Waals surface area contributed by atoms with Crippen LogP contribution in [0.3, 0.4) is 0 Å². The van der Waals surface area contributed by atoms with Gasteiger partial charge in [-0.15, -0.1) is 0 Å². The van der Waals surface area contributed by atoms with Crippen molar-refractivity contribution < 1.29 is 39.5 Å². The van der Waals surface area contributed by atoms with Crippen LogP contribution in [-0.2, 0) is 25.0 Å². The Hall–Kier alpha value is -3.54. The third kappa shape index (κ3) is 6.53. The molecule has 1 aromatic heterocycles. The maximum Gasteiger partial charge on any atom is 0.313 e. The number of carbonyl (C=O) groups is 1. The fourth-order valence-electron chi connectivity index (χ4n) is 3.13. The Kier molecular flexibility index (Phi) is 7.16. The van der Waals surface area contributed by atoms with Crippen LogP contribution in [0.1, 0.15) is 6.92 Å². The average molecular weight is 533 g/mol. The van der Waals surface area contributed by atoms with E-state index in [0.29, 0.717) is 0 Å². The summed E-state index contributed by atoms with van der Waals surface area (Å²) in [6.07, 6.45) is -1.35. The summed E-state index contributed by atoms with van der Waals surface area (Å²) in [5.74, 6) is -2.85. The fraction of sp³-hybridized carbons (Fsp3) is 0.222. The third-order valence-corrected chi connectivity index (χ3v) is 6.33. The van der Waals surface area contributed by atoms with Crippen molar-refractivity contribution in [2.24, 2.45) is 5.10 Å². The quantitative estimate of drug-likeness (QED) is 0.173. The minimum absolute atomic E-state index is 0.0593. The predicted molar refractivity (Wildman–Crippen MR) is 119 cm³/mol. The van der Waals surface area contributed by atoms with Crippen LogP contribution in [0, 0.1) is 12.0 Å². The van der Waals surface area contributed by atoms with Gasteiger partial charge in [-0.05, 0) is 36.3 Å². The van der Waals surface area contributed by atoms with Crippen molar-refractivity contribution in [3.05, 3.63) is 47.4 Å². The number of anilines is 3. The first-order chi connectivity index (χ1) is 16.1. The molecular formula is C18H18F2N6O7S2. The number of amides is 1. The summed E-state index contributed by atoms with van der Waals surface area (Å²) in [4.78, 5) is 19.2. The number of likely N-dealkylation sites (N-methyl/N-ethyl adjacent to an activating group) is 1. The molecule has 0 bridgehead atoms. The first kappa shape index (κ1) is 26.1. The molecule has 2 heterocycles. The van der Waals surface area contributed by atoms with E-state index in [0.717, 1.165) is 29.2 Å². The number of aromatic nitrogens is 2. The summed E-state index contributed by atoms with van der Waals surface area (Å²) in [6, 6.07) is 3.98. The van der Waals surface area contributed by atoms with E-state index in [1.165, 1.54) is 14.0 Å². The van der Waals surface area contributed by atoms with Crippen molar-refractivity contribution in [3.8, 4) is 0 Å². The number of carbonyl (C=O) groups excluding carboxylic acids is 1. The van der Waals surface area contributed by atoms with Crippen molar-refractivity contribution in [1.82, 2.24) is 14.9 Å². The van der Waals surface area contributed by atoms with E-state index in [9.17, 15) is 35.0 Å². The lowest BCUT2D eigenvalue weighted by molar-refractivity contribution is -0.122. The zero-order chi connectivity index (χ0) is 26.1. The summed E-state index contributed by atoms with van der Waals surface area (Å²) in [6.45, 7) is 1.30. The molecule has 0 aliphatic carbocycles. The van der Waals surface area contributed by atoms with E-state index >= 15 is 0 Å². The molecule has 1 aliphatic rings. The van der Waals surface area contributed by atoms with Gasteiger partial charge in [0.25, 0.3) is 26.1 Å². The summed E-state index contributed by atoms with van der Waals surface area (Å²) in [5, 5.41) is 6.41. The molecule has 0 saturated heterocycles. The molecular weight excluding hydrogens is 514 g/mol. The molecule has 0 saturated carbocycles. The van der Waals surface area contributed by atoms with E-state index in [1.807, 2.05) is 0 Å². The molecule has 1 amide bonds. The van der Waals surface area contributed by atoms with E-state index in [1.54, 1.807) is 0 Å². The van der Waals surface area contributed by atoms with Gasteiger partial charge in [0.15, 0.2) is 5.71 Å². The molecule has 1 aliphatic heterocycles. The van der Waals surface area contributed by atoms with Crippen LogP contribution in [0.2, 0.25) is 0 Å². The molecule has 0 radical (unpaired) electrons. The minimum atomic E-state index is -4.79. The summed E-state index contributed by atoms with van der Waals surface area (Å²) < 4.78 is 91.5. The zero-order valence-electron chi connectivity index (χ0n) is 18.0. The van der Waals surface area contributed by atoms with Crippen molar-refractivity contribution in [2.75, 3.05) is 30.1 Å². The topological polar surface area (TPSA) is 191 Å². The normalized spacial score (nSPS) is 16.1. The van der Waals surface area contributed by atoms with E-state index in [2.05, 4.69) is 25.8 Å². The van der Waals surface area contributed by atoms with Gasteiger partial charge >= 0.3 is 6.08 Å². The number of halogens is 2. The number of hydrazone groups is 1. The Morgan fingerprint density at radius 1 is 1.14 bits per heavy atom. The zero-order valence-corrected chi connectivity index (χ0v) is 19.7. The third-order valence-electron chi connectivity index (χ3n) is 4.71. The lowest BCUT2D eigenvalue weighted by Gasteiger charge is -2.27. The number of benzene rings is 1. The number of nitrogens with zero attached hydrogens (tertiary/aromatic N) is 4. The number of nitrogens with one attached hydrogen (secondary N) is 2. The van der Waals surface area contributed by atoms with Gasteiger partial charge in [0.2, 0.25) is 5.95 Å². The van der Waals surface area contributed by atoms with Crippen molar-refractivity contribution in [2.45, 2.75) is 11.8 Å². The molecule has 0 unspecified atom stereocenters. The van der Waals surface area contributed by atoms with Crippen LogP contribution < -0.4 is 10.7 Å². The number of hydrogen-bond acceptors (Lipinski definition) is 10. The lowest BCUT2D eigenvalue weighted by atomic mass is 10.0. The second-order valence-electron chi connectivity index (χ2n) is 7.34. The second-order valence-corrected chi connectivity index (χ2v) is 10.2. The Bertz CT molecular complexity index is 1460. The Balaban J connectivity index is 2.03. The highest BCUT2D eigenvalue weighted by atomic mass is 32.2. The van der Waals surface area contributed by atoms with Gasteiger partial charge in [-0.25, -0.2) is 0 Å². The van der Waals surface area contributed by atoms with Gasteiger partial charge in [-0.1, -0.05) is 0 Å². The Morgan fingerprint density at radius 2 is 1.83 bits per heavy atom. The molecule has 188 valence electrons. The Morgan fingerprint density at radius 3 is 2.43 bits per heavy atom. The second kappa shape index (κ2) is 9.61. The minimum Gasteiger partial charge on any atom is -0.340 e. The molecule has 0 spiro atoms. The van der Waals surface area contributed by atoms with Gasteiger partial charge in [-0.2, -0.15) is 40.7 Å². The molecule has 17 heteroatoms. The Labute approximate surface area is 198 Å². The van der Waals surface area contributed by atoms with Gasteiger partial charge in [0, 0.05) is 25.3 Å². The number of rotatable bonds is 7. The largest absolute Gasteiger partial charge is 0.340 e. The van der Waals surface area contributed by atoms with Crippen LogP contribution in [-0.4, -0.2) is 71.8 Å². The molecule has 35 heavy (non-hydrogen) atoms. The molecule has 3 rings (SSSR count). The molecule has 2 aromatic rings. The molecule has 13 nitrogen and oxygen atoms in total. The first-order valence-electron chi connectivity index (χ1n) is 9.46. The maximum absolute atomic E-state index is 13.3. The SMILES string of the molecule is CC1=C(CS(=O)(=O)O)CN(C)C(=O)C1=NNc1cc(Nc2cc(F)nc(F)n2)ccc1S(=O)(=O)O. The van der Waals surface area contributed by atoms with Crippen LogP contribution in [0.15, 0.2) is 45.4 Å². The van der Waals surface area contributed by atoms with Crippen molar-refractivity contribution in [1.29, 1.82) is 0 Å². The van der Waals surface area contributed by atoms with Crippen molar-refractivity contribution in [3.63, 3.8) is 0 Å². The molecule has 0 fully saturated rings. The van der Waals surface area contributed by atoms with Crippen molar-refractivity contribution >= 4 is 49.0 Å². The van der Waals surface area contributed by atoms with Crippen LogP contribution >= 0.6 is 0 Å². The van der Waals surface area contributed by atoms with Gasteiger partial charge in [-0.3, -0.25) is 19.3 Å².